The van der Waals surface area contributed by atoms with Crippen molar-refractivity contribution in [3.8, 4) is 22.9 Å². The summed E-state index contributed by atoms with van der Waals surface area (Å²) in [4.78, 5) is 19.5. The van der Waals surface area contributed by atoms with E-state index in [4.69, 9.17) is 9.84 Å². The van der Waals surface area contributed by atoms with Crippen LogP contribution in [0.4, 0.5) is 13.2 Å². The Hall–Kier alpha value is -3.62. The van der Waals surface area contributed by atoms with E-state index in [-0.39, 0.29) is 22.9 Å². The summed E-state index contributed by atoms with van der Waals surface area (Å²) in [5.41, 5.74) is 2.88. The van der Waals surface area contributed by atoms with Crippen LogP contribution >= 0.6 is 0 Å². The molecule has 0 radical (unpaired) electrons. The first-order valence-electron chi connectivity index (χ1n) is 9.65. The summed E-state index contributed by atoms with van der Waals surface area (Å²) in [7, 11) is 0. The topological polar surface area (TPSA) is 92.5 Å². The van der Waals surface area contributed by atoms with Gasteiger partial charge in [0.1, 0.15) is 11.4 Å². The van der Waals surface area contributed by atoms with Crippen LogP contribution in [0.15, 0.2) is 36.4 Å². The fraction of sp³-hybridized carbons (Fsp3) is 0.261. The summed E-state index contributed by atoms with van der Waals surface area (Å²) < 4.78 is 44.5. The fourth-order valence-electron chi connectivity index (χ4n) is 3.32. The van der Waals surface area contributed by atoms with Crippen LogP contribution in [0.2, 0.25) is 0 Å². The molecule has 0 bridgehead atoms. The molecular formula is C23H21F3N2O4. The molecule has 6 nitrogen and oxygen atoms in total. The number of ether oxygens (including phenoxy) is 1. The molecule has 0 spiro atoms. The first kappa shape index (κ1) is 23.1. The zero-order valence-corrected chi connectivity index (χ0v) is 17.6. The van der Waals surface area contributed by atoms with Gasteiger partial charge in [-0.2, -0.15) is 13.2 Å². The zero-order chi connectivity index (χ0) is 23.6. The molecule has 0 saturated carbocycles. The summed E-state index contributed by atoms with van der Waals surface area (Å²) >= 11 is 0. The van der Waals surface area contributed by atoms with Crippen LogP contribution in [0.1, 0.15) is 33.6 Å². The van der Waals surface area contributed by atoms with Gasteiger partial charge in [-0.1, -0.05) is 12.1 Å². The van der Waals surface area contributed by atoms with E-state index in [9.17, 15) is 23.1 Å². The highest BCUT2D eigenvalue weighted by atomic mass is 19.4. The lowest BCUT2D eigenvalue weighted by Gasteiger charge is -2.16. The first-order chi connectivity index (χ1) is 15.0. The second kappa shape index (κ2) is 8.86. The van der Waals surface area contributed by atoms with Crippen LogP contribution in [-0.2, 0) is 17.4 Å². The van der Waals surface area contributed by atoms with Crippen LogP contribution in [0.5, 0.6) is 11.6 Å². The van der Waals surface area contributed by atoms with Gasteiger partial charge < -0.3 is 14.9 Å². The summed E-state index contributed by atoms with van der Waals surface area (Å²) in [5.74, 6) is -1.11. The van der Waals surface area contributed by atoms with Crippen LogP contribution < -0.4 is 4.74 Å². The maximum Gasteiger partial charge on any atom is 0.416 e. The predicted molar refractivity (Wildman–Crippen MR) is 111 cm³/mol. The number of carbonyl (C=O) groups is 1. The van der Waals surface area contributed by atoms with Crippen molar-refractivity contribution in [3.63, 3.8) is 0 Å². The van der Waals surface area contributed by atoms with Gasteiger partial charge in [-0.25, -0.2) is 14.8 Å². The Morgan fingerprint density at radius 3 is 2.44 bits per heavy atom. The van der Waals surface area contributed by atoms with Gasteiger partial charge in [0, 0.05) is 28.9 Å². The number of aromatic nitrogens is 2. The monoisotopic (exact) mass is 446 g/mol. The molecule has 0 unspecified atom stereocenters. The molecule has 2 aromatic heterocycles. The molecule has 0 saturated heterocycles. The maximum absolute atomic E-state index is 13.1. The van der Waals surface area contributed by atoms with E-state index in [0.717, 1.165) is 23.3 Å². The quantitative estimate of drug-likeness (QED) is 0.563. The Morgan fingerprint density at radius 1 is 1.06 bits per heavy atom. The van der Waals surface area contributed by atoms with E-state index in [0.29, 0.717) is 23.4 Å². The lowest BCUT2D eigenvalue weighted by molar-refractivity contribution is -0.139. The second-order valence-electron chi connectivity index (χ2n) is 7.34. The van der Waals surface area contributed by atoms with E-state index in [1.165, 1.54) is 18.2 Å². The Labute approximate surface area is 182 Å². The van der Waals surface area contributed by atoms with Gasteiger partial charge in [-0.15, -0.1) is 0 Å². The lowest BCUT2D eigenvalue weighted by Crippen LogP contribution is -2.13. The maximum atomic E-state index is 13.1. The van der Waals surface area contributed by atoms with E-state index in [1.807, 2.05) is 6.92 Å². The van der Waals surface area contributed by atoms with E-state index >= 15 is 0 Å². The number of nitrogens with zero attached hydrogens (tertiary/aromatic N) is 2. The molecule has 0 aliphatic heterocycles. The SMILES string of the molecule is Cc1nc(OCC(=O)O)c(C)c(C)c1Cc1ccc(O)c(-c2cccc(C(F)(F)F)c2)n1. The Morgan fingerprint density at radius 2 is 1.78 bits per heavy atom. The molecule has 0 fully saturated rings. The standard InChI is InChI=1S/C23H21F3N2O4/c1-12-13(2)22(32-11-20(30)31)27-14(3)18(12)10-17-7-8-19(29)21(28-17)15-5-4-6-16(9-15)23(24,25)26/h4-9,29H,10-11H2,1-3H3,(H,30,31). The van der Waals surface area contributed by atoms with E-state index in [2.05, 4.69) is 9.97 Å². The third-order valence-electron chi connectivity index (χ3n) is 5.13. The normalized spacial score (nSPS) is 11.4. The largest absolute Gasteiger partial charge is 0.506 e. The van der Waals surface area contributed by atoms with Crippen molar-refractivity contribution in [3.05, 3.63) is 70.0 Å². The molecule has 2 heterocycles. The fourth-order valence-corrected chi connectivity index (χ4v) is 3.32. The van der Waals surface area contributed by atoms with Gasteiger partial charge in [-0.3, -0.25) is 0 Å². The number of carboxylic acids is 1. The summed E-state index contributed by atoms with van der Waals surface area (Å²) in [6, 6.07) is 7.62. The lowest BCUT2D eigenvalue weighted by atomic mass is 9.98. The number of carboxylic acid groups (broad SMARTS) is 1. The van der Waals surface area contributed by atoms with Crippen molar-refractivity contribution in [2.75, 3.05) is 6.61 Å². The number of rotatable bonds is 6. The molecular weight excluding hydrogens is 425 g/mol. The minimum atomic E-state index is -4.51. The summed E-state index contributed by atoms with van der Waals surface area (Å²) in [6.45, 7) is 4.86. The molecule has 168 valence electrons. The Balaban J connectivity index is 1.97. The summed E-state index contributed by atoms with van der Waals surface area (Å²) in [6.07, 6.45) is -4.19. The number of benzene rings is 1. The van der Waals surface area contributed by atoms with Crippen LogP contribution in [0, 0.1) is 20.8 Å². The highest BCUT2D eigenvalue weighted by molar-refractivity contribution is 5.68. The number of hydrogen-bond acceptors (Lipinski definition) is 5. The Bertz CT molecular complexity index is 1180. The number of pyridine rings is 2. The van der Waals surface area contributed by atoms with Gasteiger partial charge >= 0.3 is 12.1 Å². The van der Waals surface area contributed by atoms with Crippen molar-refractivity contribution in [2.24, 2.45) is 0 Å². The van der Waals surface area contributed by atoms with Crippen molar-refractivity contribution in [1.82, 2.24) is 9.97 Å². The molecule has 0 aliphatic carbocycles. The minimum absolute atomic E-state index is 0.0509. The minimum Gasteiger partial charge on any atom is -0.506 e. The molecule has 1 aromatic carbocycles. The molecule has 0 atom stereocenters. The second-order valence-corrected chi connectivity index (χ2v) is 7.34. The molecule has 0 aliphatic rings. The average Bonchev–Trinajstić information content (AvgIpc) is 2.73. The Kier molecular flexibility index (Phi) is 6.38. The molecule has 2 N–H and O–H groups in total. The van der Waals surface area contributed by atoms with Crippen LogP contribution in [-0.4, -0.2) is 32.8 Å². The number of halogens is 3. The van der Waals surface area contributed by atoms with Crippen molar-refractivity contribution < 1.29 is 32.9 Å². The van der Waals surface area contributed by atoms with Gasteiger partial charge in [0.25, 0.3) is 0 Å². The molecule has 3 aromatic rings. The molecule has 0 amide bonds. The van der Waals surface area contributed by atoms with Gasteiger partial charge in [-0.05, 0) is 56.2 Å². The van der Waals surface area contributed by atoms with Crippen molar-refractivity contribution in [2.45, 2.75) is 33.4 Å². The van der Waals surface area contributed by atoms with Gasteiger partial charge in [0.05, 0.1) is 5.56 Å². The first-order valence-corrected chi connectivity index (χ1v) is 9.65. The number of alkyl halides is 3. The highest BCUT2D eigenvalue weighted by Crippen LogP contribution is 2.34. The van der Waals surface area contributed by atoms with Crippen LogP contribution in [0.25, 0.3) is 11.3 Å². The highest BCUT2D eigenvalue weighted by Gasteiger charge is 2.30. The van der Waals surface area contributed by atoms with Gasteiger partial charge in [0.2, 0.25) is 5.88 Å². The number of hydrogen-bond donors (Lipinski definition) is 2. The average molecular weight is 446 g/mol. The third-order valence-corrected chi connectivity index (χ3v) is 5.13. The van der Waals surface area contributed by atoms with E-state index in [1.54, 1.807) is 19.9 Å². The number of aromatic hydroxyl groups is 1. The third kappa shape index (κ3) is 4.99. The molecule has 3 rings (SSSR count). The van der Waals surface area contributed by atoms with Crippen LogP contribution in [0.3, 0.4) is 0 Å². The predicted octanol–water partition coefficient (Wildman–Crippen LogP) is 4.85. The smallest absolute Gasteiger partial charge is 0.416 e. The van der Waals surface area contributed by atoms with Gasteiger partial charge in [0.15, 0.2) is 6.61 Å². The van der Waals surface area contributed by atoms with Crippen molar-refractivity contribution in [1.29, 1.82) is 0 Å². The van der Waals surface area contributed by atoms with Crippen molar-refractivity contribution >= 4 is 5.97 Å². The molecule has 9 heteroatoms. The number of aliphatic carboxylic acids is 1. The zero-order valence-electron chi connectivity index (χ0n) is 17.6. The molecule has 32 heavy (non-hydrogen) atoms. The van der Waals surface area contributed by atoms with E-state index < -0.39 is 24.3 Å². The number of aryl methyl sites for hydroxylation is 1. The summed E-state index contributed by atoms with van der Waals surface area (Å²) in [5, 5.41) is 19.0.